The minimum absolute atomic E-state index is 0.0952. The number of rotatable bonds is 4. The molecule has 9 heteroatoms. The van der Waals surface area contributed by atoms with E-state index in [4.69, 9.17) is 9.26 Å². The van der Waals surface area contributed by atoms with Crippen LogP contribution in [0.15, 0.2) is 9.90 Å². The molecule has 1 atom stereocenters. The number of carbonyl (C=O) groups is 1. The molecule has 4 rings (SSSR count). The van der Waals surface area contributed by atoms with Crippen LogP contribution in [0.2, 0.25) is 0 Å². The number of carbonyl (C=O) groups excluding carboxylic acids is 1. The summed E-state index contributed by atoms with van der Waals surface area (Å²) in [5.41, 5.74) is 0.831. The van der Waals surface area contributed by atoms with Crippen LogP contribution in [0.25, 0.3) is 0 Å². The SMILES string of the molecule is O=C1NCCN1c1nc(Cc2nc(C3CCOC3)no2)cs1. The molecule has 2 aliphatic heterocycles. The molecule has 116 valence electrons. The molecule has 0 aliphatic carbocycles. The third-order valence-electron chi connectivity index (χ3n) is 3.74. The topological polar surface area (TPSA) is 93.4 Å². The molecule has 2 fully saturated rings. The molecule has 1 unspecified atom stereocenters. The van der Waals surface area contributed by atoms with Gasteiger partial charge in [-0.05, 0) is 6.42 Å². The van der Waals surface area contributed by atoms with Gasteiger partial charge in [0.25, 0.3) is 0 Å². The van der Waals surface area contributed by atoms with E-state index in [2.05, 4.69) is 20.4 Å². The van der Waals surface area contributed by atoms with Crippen molar-refractivity contribution in [2.45, 2.75) is 18.8 Å². The molecular weight excluding hydrogens is 306 g/mol. The van der Waals surface area contributed by atoms with Crippen LogP contribution in [0.1, 0.15) is 29.7 Å². The monoisotopic (exact) mass is 321 g/mol. The van der Waals surface area contributed by atoms with Gasteiger partial charge in [-0.25, -0.2) is 9.78 Å². The first kappa shape index (κ1) is 13.6. The highest BCUT2D eigenvalue weighted by Crippen LogP contribution is 2.25. The number of nitrogens with one attached hydrogen (secondary N) is 1. The Labute approximate surface area is 130 Å². The summed E-state index contributed by atoms with van der Waals surface area (Å²) < 4.78 is 10.6. The lowest BCUT2D eigenvalue weighted by molar-refractivity contribution is 0.192. The summed E-state index contributed by atoms with van der Waals surface area (Å²) in [6.45, 7) is 2.72. The van der Waals surface area contributed by atoms with Crippen molar-refractivity contribution < 1.29 is 14.1 Å². The van der Waals surface area contributed by atoms with Crippen molar-refractivity contribution in [3.63, 3.8) is 0 Å². The van der Waals surface area contributed by atoms with Crippen molar-refractivity contribution in [3.8, 4) is 0 Å². The van der Waals surface area contributed by atoms with Crippen molar-refractivity contribution in [2.24, 2.45) is 0 Å². The maximum absolute atomic E-state index is 11.6. The molecule has 2 aromatic rings. The molecule has 2 saturated heterocycles. The van der Waals surface area contributed by atoms with E-state index >= 15 is 0 Å². The highest BCUT2D eigenvalue weighted by atomic mass is 32.1. The minimum Gasteiger partial charge on any atom is -0.381 e. The molecule has 22 heavy (non-hydrogen) atoms. The number of thiazole rings is 1. The van der Waals surface area contributed by atoms with E-state index in [9.17, 15) is 4.79 Å². The lowest BCUT2D eigenvalue weighted by atomic mass is 10.1. The van der Waals surface area contributed by atoms with Gasteiger partial charge < -0.3 is 14.6 Å². The predicted molar refractivity (Wildman–Crippen MR) is 78.1 cm³/mol. The highest BCUT2D eigenvalue weighted by molar-refractivity contribution is 7.14. The predicted octanol–water partition coefficient (Wildman–Crippen LogP) is 1.15. The Bertz CT molecular complexity index is 679. The Morgan fingerprint density at radius 1 is 1.45 bits per heavy atom. The van der Waals surface area contributed by atoms with Gasteiger partial charge in [-0.15, -0.1) is 11.3 Å². The number of urea groups is 1. The summed E-state index contributed by atoms with van der Waals surface area (Å²) in [6, 6.07) is -0.0952. The molecule has 0 spiro atoms. The van der Waals surface area contributed by atoms with Crippen molar-refractivity contribution in [1.82, 2.24) is 20.4 Å². The lowest BCUT2D eigenvalue weighted by Gasteiger charge is -2.08. The average molecular weight is 321 g/mol. The second kappa shape index (κ2) is 5.65. The first-order chi connectivity index (χ1) is 10.8. The fourth-order valence-corrected chi connectivity index (χ4v) is 3.40. The third-order valence-corrected chi connectivity index (χ3v) is 4.65. The summed E-state index contributed by atoms with van der Waals surface area (Å²) in [6.07, 6.45) is 1.41. The zero-order valence-electron chi connectivity index (χ0n) is 11.8. The third kappa shape index (κ3) is 2.57. The normalized spacial score (nSPS) is 21.5. The summed E-state index contributed by atoms with van der Waals surface area (Å²) in [5, 5.41) is 9.41. The van der Waals surface area contributed by atoms with Gasteiger partial charge in [-0.3, -0.25) is 4.90 Å². The Kier molecular flexibility index (Phi) is 3.51. The Hall–Kier alpha value is -2.00. The molecule has 0 radical (unpaired) electrons. The number of hydrogen-bond donors (Lipinski definition) is 1. The first-order valence-electron chi connectivity index (χ1n) is 7.19. The van der Waals surface area contributed by atoms with E-state index in [1.54, 1.807) is 4.90 Å². The van der Waals surface area contributed by atoms with Crippen LogP contribution in [-0.2, 0) is 11.2 Å². The summed E-state index contributed by atoms with van der Waals surface area (Å²) in [5.74, 6) is 1.49. The highest BCUT2D eigenvalue weighted by Gasteiger charge is 2.25. The molecule has 0 aromatic carbocycles. The van der Waals surface area contributed by atoms with Crippen LogP contribution in [-0.4, -0.2) is 47.5 Å². The van der Waals surface area contributed by atoms with Crippen molar-refractivity contribution in [1.29, 1.82) is 0 Å². The number of nitrogens with zero attached hydrogens (tertiary/aromatic N) is 4. The Balaban J connectivity index is 1.45. The molecule has 2 aromatic heterocycles. The maximum atomic E-state index is 11.6. The van der Waals surface area contributed by atoms with Gasteiger partial charge in [0.2, 0.25) is 5.89 Å². The van der Waals surface area contributed by atoms with Crippen LogP contribution in [0.3, 0.4) is 0 Å². The summed E-state index contributed by atoms with van der Waals surface area (Å²) in [4.78, 5) is 22.2. The minimum atomic E-state index is -0.0952. The van der Waals surface area contributed by atoms with Crippen LogP contribution in [0, 0.1) is 0 Å². The maximum Gasteiger partial charge on any atom is 0.323 e. The first-order valence-corrected chi connectivity index (χ1v) is 8.07. The van der Waals surface area contributed by atoms with Gasteiger partial charge in [0.1, 0.15) is 0 Å². The van der Waals surface area contributed by atoms with E-state index in [1.807, 2.05) is 5.38 Å². The Morgan fingerprint density at radius 2 is 2.41 bits per heavy atom. The molecule has 8 nitrogen and oxygen atoms in total. The van der Waals surface area contributed by atoms with Crippen LogP contribution in [0.5, 0.6) is 0 Å². The van der Waals surface area contributed by atoms with Gasteiger partial charge >= 0.3 is 6.03 Å². The van der Waals surface area contributed by atoms with E-state index in [0.717, 1.165) is 18.7 Å². The molecule has 4 heterocycles. The number of ether oxygens (including phenoxy) is 1. The average Bonchev–Trinajstić information content (AvgIpc) is 3.25. The van der Waals surface area contributed by atoms with Gasteiger partial charge in [0.15, 0.2) is 11.0 Å². The zero-order valence-corrected chi connectivity index (χ0v) is 12.6. The summed E-state index contributed by atoms with van der Waals surface area (Å²) in [7, 11) is 0. The second-order valence-electron chi connectivity index (χ2n) is 5.29. The number of aromatic nitrogens is 3. The van der Waals surface area contributed by atoms with E-state index in [-0.39, 0.29) is 11.9 Å². The molecule has 0 bridgehead atoms. The van der Waals surface area contributed by atoms with Gasteiger partial charge in [0.05, 0.1) is 18.7 Å². The van der Waals surface area contributed by atoms with Crippen molar-refractivity contribution in [2.75, 3.05) is 31.2 Å². The molecular formula is C13H15N5O3S. The zero-order chi connectivity index (χ0) is 14.9. The van der Waals surface area contributed by atoms with E-state index < -0.39 is 0 Å². The molecule has 1 N–H and O–H groups in total. The summed E-state index contributed by atoms with van der Waals surface area (Å²) >= 11 is 1.45. The van der Waals surface area contributed by atoms with Gasteiger partial charge in [-0.2, -0.15) is 4.98 Å². The molecule has 2 amide bonds. The lowest BCUT2D eigenvalue weighted by Crippen LogP contribution is -2.27. The van der Waals surface area contributed by atoms with Crippen LogP contribution < -0.4 is 10.2 Å². The fourth-order valence-electron chi connectivity index (χ4n) is 2.55. The van der Waals surface area contributed by atoms with Crippen LogP contribution >= 0.6 is 11.3 Å². The van der Waals surface area contributed by atoms with Gasteiger partial charge in [-0.1, -0.05) is 5.16 Å². The Morgan fingerprint density at radius 3 is 3.18 bits per heavy atom. The quantitative estimate of drug-likeness (QED) is 0.908. The second-order valence-corrected chi connectivity index (χ2v) is 6.13. The number of amides is 2. The molecule has 2 aliphatic rings. The number of anilines is 1. The van der Waals surface area contributed by atoms with Gasteiger partial charge in [0, 0.05) is 31.0 Å². The van der Waals surface area contributed by atoms with Crippen molar-refractivity contribution in [3.05, 3.63) is 22.8 Å². The van der Waals surface area contributed by atoms with Crippen LogP contribution in [0.4, 0.5) is 9.93 Å². The number of hydrogen-bond acceptors (Lipinski definition) is 7. The molecule has 0 saturated carbocycles. The standard InChI is InChI=1S/C13H15N5O3S/c19-12-14-2-3-18(12)13-15-9(7-22-13)5-10-16-11(17-21-10)8-1-4-20-6-8/h7-8H,1-6H2,(H,14,19). The van der Waals surface area contributed by atoms with Crippen molar-refractivity contribution >= 4 is 22.5 Å². The van der Waals surface area contributed by atoms with E-state index in [1.165, 1.54) is 11.3 Å². The fraction of sp³-hybridized carbons (Fsp3) is 0.538. The smallest absolute Gasteiger partial charge is 0.323 e. The largest absolute Gasteiger partial charge is 0.381 e. The van der Waals surface area contributed by atoms with E-state index in [0.29, 0.717) is 43.0 Å².